The Labute approximate surface area is 215 Å². The minimum Gasteiger partial charge on any atom is -0.299 e. The molecule has 0 spiro atoms. The van der Waals surface area contributed by atoms with Gasteiger partial charge in [0.1, 0.15) is 0 Å². The molecule has 3 atom stereocenters. The lowest BCUT2D eigenvalue weighted by molar-refractivity contribution is 0.106. The first kappa shape index (κ1) is 23.7. The smallest absolute Gasteiger partial charge is 0.220 e. The second-order valence-corrected chi connectivity index (χ2v) is 13.5. The predicted octanol–water partition coefficient (Wildman–Crippen LogP) is 5.38. The van der Waals surface area contributed by atoms with Gasteiger partial charge >= 0.3 is 0 Å². The first-order valence-corrected chi connectivity index (χ1v) is 15.0. The lowest BCUT2D eigenvalue weighted by Gasteiger charge is -2.43. The minimum absolute atomic E-state index is 0.252. The Hall–Kier alpha value is -1.66. The van der Waals surface area contributed by atoms with E-state index in [1.165, 1.54) is 41.8 Å². The zero-order chi connectivity index (χ0) is 24.2. The molecular formula is C29H35ClN2O2S. The van der Waals surface area contributed by atoms with Crippen LogP contribution in [0.1, 0.15) is 59.8 Å². The Morgan fingerprint density at radius 1 is 1.09 bits per heavy atom. The van der Waals surface area contributed by atoms with Gasteiger partial charge in [-0.15, -0.1) is 6.58 Å². The molecule has 4 nitrogen and oxygen atoms in total. The molecule has 3 fully saturated rings. The maximum Gasteiger partial charge on any atom is 0.220 e. The summed E-state index contributed by atoms with van der Waals surface area (Å²) in [4.78, 5) is 2.64. The highest BCUT2D eigenvalue weighted by Crippen LogP contribution is 2.43. The van der Waals surface area contributed by atoms with Crippen molar-refractivity contribution in [2.75, 3.05) is 26.2 Å². The van der Waals surface area contributed by atoms with E-state index in [4.69, 9.17) is 11.6 Å². The average molecular weight is 511 g/mol. The minimum atomic E-state index is -3.30. The molecule has 2 aliphatic carbocycles. The maximum atomic E-state index is 13.2. The van der Waals surface area contributed by atoms with Crippen molar-refractivity contribution in [3.8, 4) is 0 Å². The van der Waals surface area contributed by atoms with Crippen molar-refractivity contribution < 1.29 is 8.42 Å². The molecule has 0 N–H and O–H groups in total. The highest BCUT2D eigenvalue weighted by molar-refractivity contribution is 7.90. The van der Waals surface area contributed by atoms with Crippen LogP contribution in [0.4, 0.5) is 0 Å². The van der Waals surface area contributed by atoms with Crippen molar-refractivity contribution in [2.24, 2.45) is 5.92 Å². The number of hydrogen-bond donors (Lipinski definition) is 0. The molecule has 0 radical (unpaired) electrons. The van der Waals surface area contributed by atoms with Crippen LogP contribution >= 0.6 is 11.6 Å². The lowest BCUT2D eigenvalue weighted by Crippen LogP contribution is -2.53. The zero-order valence-corrected chi connectivity index (χ0v) is 21.9. The van der Waals surface area contributed by atoms with Gasteiger partial charge in [-0.25, -0.2) is 12.7 Å². The van der Waals surface area contributed by atoms with Crippen LogP contribution in [0.3, 0.4) is 0 Å². The molecule has 6 rings (SSSR count). The molecule has 2 heterocycles. The van der Waals surface area contributed by atoms with E-state index >= 15 is 0 Å². The Morgan fingerprint density at radius 2 is 1.89 bits per heavy atom. The van der Waals surface area contributed by atoms with Crippen LogP contribution in [0.15, 0.2) is 55.1 Å². The standard InChI is InChI=1S/C29H35ClN2O2S/c1-2-29(21-7-4-8-21)35(33,34)32-18-24(19-32)22-10-11-23-17-28(31-12-5-13-31)27(26(23)16-22)15-20-6-3-9-25(30)14-20/h2-3,6,9-11,14,16,21,24,27-29H,1,4-5,7-8,12-13,15,17-19H2. The van der Waals surface area contributed by atoms with Gasteiger partial charge in [0, 0.05) is 36.0 Å². The Bertz CT molecular complexity index is 1210. The number of nitrogens with zero attached hydrogens (tertiary/aromatic N) is 2. The van der Waals surface area contributed by atoms with Gasteiger partial charge in [-0.2, -0.15) is 0 Å². The second-order valence-electron chi connectivity index (χ2n) is 11.0. The highest BCUT2D eigenvalue weighted by atomic mass is 35.5. The van der Waals surface area contributed by atoms with Gasteiger partial charge in [0.05, 0.1) is 5.25 Å². The van der Waals surface area contributed by atoms with Crippen molar-refractivity contribution in [3.63, 3.8) is 0 Å². The fourth-order valence-corrected chi connectivity index (χ4v) is 8.88. The van der Waals surface area contributed by atoms with Crippen molar-refractivity contribution in [1.82, 2.24) is 9.21 Å². The number of benzene rings is 2. The third-order valence-corrected chi connectivity index (χ3v) is 11.6. The summed E-state index contributed by atoms with van der Waals surface area (Å²) in [6.45, 7) is 7.42. The van der Waals surface area contributed by atoms with Crippen molar-refractivity contribution >= 4 is 21.6 Å². The monoisotopic (exact) mass is 510 g/mol. The lowest BCUT2D eigenvalue weighted by atomic mass is 9.83. The van der Waals surface area contributed by atoms with Crippen LogP contribution in [0.2, 0.25) is 5.02 Å². The van der Waals surface area contributed by atoms with E-state index in [0.717, 1.165) is 37.1 Å². The van der Waals surface area contributed by atoms with Crippen LogP contribution in [0, 0.1) is 5.92 Å². The highest BCUT2D eigenvalue weighted by Gasteiger charge is 2.44. The first-order valence-electron chi connectivity index (χ1n) is 13.2. The normalized spacial score (nSPS) is 26.4. The number of halogens is 1. The predicted molar refractivity (Wildman–Crippen MR) is 143 cm³/mol. The topological polar surface area (TPSA) is 40.6 Å². The second kappa shape index (κ2) is 9.33. The molecule has 2 aromatic rings. The molecule has 0 bridgehead atoms. The van der Waals surface area contributed by atoms with E-state index in [1.54, 1.807) is 10.4 Å². The Kier molecular flexibility index (Phi) is 6.33. The summed E-state index contributed by atoms with van der Waals surface area (Å²) in [6.07, 6.45) is 8.20. The average Bonchev–Trinajstić information content (AvgIpc) is 3.05. The molecule has 2 saturated heterocycles. The van der Waals surface area contributed by atoms with Gasteiger partial charge in [-0.05, 0) is 85.5 Å². The molecule has 2 aliphatic heterocycles. The van der Waals surface area contributed by atoms with Gasteiger partial charge < -0.3 is 0 Å². The van der Waals surface area contributed by atoms with E-state index in [0.29, 0.717) is 25.0 Å². The Morgan fingerprint density at radius 3 is 2.51 bits per heavy atom. The molecule has 2 aromatic carbocycles. The Balaban J connectivity index is 1.21. The summed E-state index contributed by atoms with van der Waals surface area (Å²) in [6, 6.07) is 15.8. The van der Waals surface area contributed by atoms with Crippen molar-refractivity contribution in [2.45, 2.75) is 61.7 Å². The molecule has 6 heteroatoms. The largest absolute Gasteiger partial charge is 0.299 e. The quantitative estimate of drug-likeness (QED) is 0.448. The molecular weight excluding hydrogens is 476 g/mol. The van der Waals surface area contributed by atoms with Crippen molar-refractivity contribution in [3.05, 3.63) is 82.4 Å². The molecule has 0 amide bonds. The number of hydrogen-bond acceptors (Lipinski definition) is 3. The van der Waals surface area contributed by atoms with Crippen LogP contribution < -0.4 is 0 Å². The summed E-state index contributed by atoms with van der Waals surface area (Å²) in [5.41, 5.74) is 5.49. The first-order chi connectivity index (χ1) is 16.9. The van der Waals surface area contributed by atoms with E-state index < -0.39 is 15.3 Å². The van der Waals surface area contributed by atoms with Crippen LogP contribution in [0.5, 0.6) is 0 Å². The van der Waals surface area contributed by atoms with E-state index in [9.17, 15) is 8.42 Å². The molecule has 3 unspecified atom stereocenters. The molecule has 35 heavy (non-hydrogen) atoms. The number of fused-ring (bicyclic) bond motifs is 1. The van der Waals surface area contributed by atoms with Crippen LogP contribution in [-0.4, -0.2) is 55.1 Å². The fraction of sp³-hybridized carbons (Fsp3) is 0.517. The van der Waals surface area contributed by atoms with Gasteiger partial charge in [0.2, 0.25) is 10.0 Å². The maximum absolute atomic E-state index is 13.2. The zero-order valence-electron chi connectivity index (χ0n) is 20.3. The molecule has 186 valence electrons. The summed E-state index contributed by atoms with van der Waals surface area (Å²) < 4.78 is 28.1. The summed E-state index contributed by atoms with van der Waals surface area (Å²) in [5.74, 6) is 0.978. The number of rotatable bonds is 8. The number of likely N-dealkylation sites (tertiary alicyclic amines) is 1. The van der Waals surface area contributed by atoms with Gasteiger partial charge in [0.25, 0.3) is 0 Å². The third kappa shape index (κ3) is 4.29. The fourth-order valence-electron chi connectivity index (χ4n) is 6.55. The third-order valence-electron chi connectivity index (χ3n) is 9.04. The van der Waals surface area contributed by atoms with Gasteiger partial charge in [-0.1, -0.05) is 54.4 Å². The summed E-state index contributed by atoms with van der Waals surface area (Å²) in [7, 11) is -3.30. The van der Waals surface area contributed by atoms with Crippen LogP contribution in [0.25, 0.3) is 0 Å². The van der Waals surface area contributed by atoms with E-state index in [-0.39, 0.29) is 11.8 Å². The van der Waals surface area contributed by atoms with E-state index in [1.807, 2.05) is 12.1 Å². The number of sulfonamides is 1. The van der Waals surface area contributed by atoms with E-state index in [2.05, 4.69) is 41.8 Å². The van der Waals surface area contributed by atoms with Crippen molar-refractivity contribution in [1.29, 1.82) is 0 Å². The van der Waals surface area contributed by atoms with Crippen LogP contribution in [-0.2, 0) is 22.9 Å². The van der Waals surface area contributed by atoms with Gasteiger partial charge in [-0.3, -0.25) is 4.90 Å². The molecule has 4 aliphatic rings. The summed E-state index contributed by atoms with van der Waals surface area (Å²) in [5, 5.41) is 0.377. The molecule has 0 aromatic heterocycles. The summed E-state index contributed by atoms with van der Waals surface area (Å²) >= 11 is 6.31. The molecule has 1 saturated carbocycles. The van der Waals surface area contributed by atoms with Gasteiger partial charge in [0.15, 0.2) is 0 Å². The SMILES string of the molecule is C=CC(C1CCC1)S(=O)(=O)N1CC(c2ccc3c(c2)C(Cc2cccc(Cl)c2)C(N2CCC2)C3)C1.